The lowest BCUT2D eigenvalue weighted by Gasteiger charge is -2.34. The van der Waals surface area contributed by atoms with Gasteiger partial charge in [0.1, 0.15) is 40.5 Å². The van der Waals surface area contributed by atoms with E-state index in [1.165, 1.54) is 0 Å². The van der Waals surface area contributed by atoms with E-state index in [1.807, 2.05) is 95.9 Å². The van der Waals surface area contributed by atoms with Crippen molar-refractivity contribution in [3.8, 4) is 40.8 Å². The van der Waals surface area contributed by atoms with Crippen molar-refractivity contribution in [2.75, 3.05) is 4.90 Å². The number of fused-ring (bicyclic) bond motifs is 10. The van der Waals surface area contributed by atoms with Gasteiger partial charge >= 0.3 is 0 Å². The quantitative estimate of drug-likeness (QED) is 0.205. The number of hydrogen-bond donors (Lipinski definition) is 0. The van der Waals surface area contributed by atoms with E-state index in [0.717, 1.165) is 27.5 Å². The van der Waals surface area contributed by atoms with Gasteiger partial charge in [0.2, 0.25) is 0 Å². The summed E-state index contributed by atoms with van der Waals surface area (Å²) in [4.78, 5) is 1.95. The smallest absolute Gasteiger partial charge is 0.155 e. The Morgan fingerprint density at radius 2 is 1.20 bits per heavy atom. The third kappa shape index (κ3) is 3.06. The number of rotatable bonds is 2. The van der Waals surface area contributed by atoms with Gasteiger partial charge in [0.15, 0.2) is 11.5 Å². The van der Waals surface area contributed by atoms with Crippen LogP contribution in [0, 0.1) is 34.0 Å². The van der Waals surface area contributed by atoms with Gasteiger partial charge in [-0.3, -0.25) is 0 Å². The topological polar surface area (TPSA) is 110 Å². The molecule has 0 spiro atoms. The molecule has 1 aliphatic rings. The molecule has 0 aliphatic carbocycles. The van der Waals surface area contributed by atoms with Crippen molar-refractivity contribution in [1.29, 1.82) is 15.8 Å². The molecule has 202 valence electrons. The molecule has 0 saturated heterocycles. The molecule has 8 aromatic rings. The highest BCUT2D eigenvalue weighted by molar-refractivity contribution is 6.20. The zero-order valence-corrected chi connectivity index (χ0v) is 22.8. The van der Waals surface area contributed by atoms with Gasteiger partial charge in [0, 0.05) is 22.2 Å². The average molecular weight is 565 g/mol. The van der Waals surface area contributed by atoms with Gasteiger partial charge in [-0.25, -0.2) is 0 Å². The first-order valence-corrected chi connectivity index (χ1v) is 13.9. The van der Waals surface area contributed by atoms with Gasteiger partial charge in [0.05, 0.1) is 39.1 Å². The summed E-state index contributed by atoms with van der Waals surface area (Å²) < 4.78 is 18.9. The van der Waals surface area contributed by atoms with Crippen LogP contribution in [0.3, 0.4) is 0 Å². The van der Waals surface area contributed by atoms with E-state index in [1.54, 1.807) is 6.07 Å². The Bertz CT molecular complexity index is 2630. The summed E-state index contributed by atoms with van der Waals surface area (Å²) >= 11 is 0. The summed E-state index contributed by atoms with van der Waals surface area (Å²) in [5, 5.41) is 34.0. The predicted octanol–water partition coefficient (Wildman–Crippen LogP) is 9.78. The van der Waals surface area contributed by atoms with Gasteiger partial charge in [-0.1, -0.05) is 54.6 Å². The molecule has 2 bridgehead atoms. The summed E-state index contributed by atoms with van der Waals surface area (Å²) in [7, 11) is 0. The van der Waals surface area contributed by atoms with Crippen LogP contribution in [-0.4, -0.2) is 0 Å². The summed E-state index contributed by atoms with van der Waals surface area (Å²) in [5.41, 5.74) is 6.40. The summed E-state index contributed by atoms with van der Waals surface area (Å²) in [6.07, 6.45) is 0. The van der Waals surface area contributed by atoms with Crippen molar-refractivity contribution >= 4 is 60.9 Å². The Kier molecular flexibility index (Phi) is 4.69. The molecular formula is C37H16N4O3. The number of ether oxygens (including phenoxy) is 1. The number of benzene rings is 6. The number of hydrogen-bond acceptors (Lipinski definition) is 7. The van der Waals surface area contributed by atoms with Crippen LogP contribution >= 0.6 is 0 Å². The second-order valence-corrected chi connectivity index (χ2v) is 10.6. The molecule has 0 radical (unpaired) electrons. The predicted molar refractivity (Wildman–Crippen MR) is 167 cm³/mol. The van der Waals surface area contributed by atoms with Gasteiger partial charge < -0.3 is 18.5 Å². The van der Waals surface area contributed by atoms with Crippen LogP contribution in [0.15, 0.2) is 106 Å². The summed E-state index contributed by atoms with van der Waals surface area (Å²) in [5.74, 6) is 1.08. The molecule has 0 atom stereocenters. The summed E-state index contributed by atoms with van der Waals surface area (Å²) in [6.45, 7) is 0. The molecule has 4 heterocycles. The molecule has 0 unspecified atom stereocenters. The van der Waals surface area contributed by atoms with Crippen LogP contribution in [0.1, 0.15) is 16.7 Å². The monoisotopic (exact) mass is 564 g/mol. The van der Waals surface area contributed by atoms with Crippen LogP contribution in [-0.2, 0) is 0 Å². The molecular weight excluding hydrogens is 548 g/mol. The van der Waals surface area contributed by atoms with Gasteiger partial charge in [-0.15, -0.1) is 0 Å². The van der Waals surface area contributed by atoms with E-state index < -0.39 is 0 Å². The maximum Gasteiger partial charge on any atom is 0.155 e. The lowest BCUT2D eigenvalue weighted by Crippen LogP contribution is -2.18. The average Bonchev–Trinajstić information content (AvgIpc) is 3.79. The van der Waals surface area contributed by atoms with Crippen LogP contribution in [0.2, 0.25) is 0 Å². The number of nitrogens with zero attached hydrogens (tertiary/aromatic N) is 4. The van der Waals surface area contributed by atoms with Crippen molar-refractivity contribution in [1.82, 2.24) is 0 Å². The van der Waals surface area contributed by atoms with E-state index in [0.29, 0.717) is 56.1 Å². The van der Waals surface area contributed by atoms with Crippen molar-refractivity contribution in [3.05, 3.63) is 114 Å². The minimum absolute atomic E-state index is 0.00624. The fraction of sp³-hybridized carbons (Fsp3) is 0. The fourth-order valence-electron chi connectivity index (χ4n) is 6.46. The third-order valence-corrected chi connectivity index (χ3v) is 8.36. The zero-order chi connectivity index (χ0) is 29.5. The number of furan rings is 3. The molecule has 0 saturated carbocycles. The molecule has 44 heavy (non-hydrogen) atoms. The second kappa shape index (κ2) is 8.63. The van der Waals surface area contributed by atoms with Gasteiger partial charge in [0.25, 0.3) is 0 Å². The molecule has 0 amide bonds. The Labute approximate surface area is 249 Å². The van der Waals surface area contributed by atoms with E-state index in [-0.39, 0.29) is 16.7 Å². The van der Waals surface area contributed by atoms with Crippen molar-refractivity contribution in [3.63, 3.8) is 0 Å². The van der Waals surface area contributed by atoms with Crippen LogP contribution in [0.25, 0.3) is 55.0 Å². The van der Waals surface area contributed by atoms with Crippen LogP contribution in [0.5, 0.6) is 11.5 Å². The molecule has 7 heteroatoms. The molecule has 7 nitrogen and oxygen atoms in total. The summed E-state index contributed by atoms with van der Waals surface area (Å²) in [6, 6.07) is 37.8. The molecule has 5 aromatic carbocycles. The number of nitriles is 3. The first-order valence-electron chi connectivity index (χ1n) is 13.9. The number of anilines is 3. The van der Waals surface area contributed by atoms with E-state index in [4.69, 9.17) is 13.6 Å². The first-order chi connectivity index (χ1) is 21.7. The highest BCUT2D eigenvalue weighted by Gasteiger charge is 2.35. The van der Waals surface area contributed by atoms with E-state index in [2.05, 4.69) is 18.2 Å². The van der Waals surface area contributed by atoms with E-state index in [9.17, 15) is 15.8 Å². The standard InChI is InChI=1S/C37H16N4O3/c38-17-24-25(18-39)35-30-12-13-31(43-30)36(35)37(26(24)19-40)41-27-11-10-21(20-6-2-1-3-7-20)14-33(27)44-34-16-32-23(15-28(34)41)22-8-4-5-9-29(22)42-32/h1-16H. The van der Waals surface area contributed by atoms with Crippen molar-refractivity contribution < 1.29 is 13.6 Å². The fourth-order valence-corrected chi connectivity index (χ4v) is 6.46. The Morgan fingerprint density at radius 3 is 2.00 bits per heavy atom. The first kappa shape index (κ1) is 23.9. The van der Waals surface area contributed by atoms with Crippen molar-refractivity contribution in [2.45, 2.75) is 0 Å². The highest BCUT2D eigenvalue weighted by Crippen LogP contribution is 2.57. The Balaban J connectivity index is 1.42. The van der Waals surface area contributed by atoms with Gasteiger partial charge in [-0.05, 0) is 47.5 Å². The molecule has 1 aliphatic heterocycles. The molecule has 3 aromatic heterocycles. The molecule has 0 fully saturated rings. The minimum atomic E-state index is 0.00624. The number of para-hydroxylation sites is 1. The van der Waals surface area contributed by atoms with Crippen molar-refractivity contribution in [2.24, 2.45) is 0 Å². The van der Waals surface area contributed by atoms with Crippen LogP contribution in [0.4, 0.5) is 17.1 Å². The highest BCUT2D eigenvalue weighted by atomic mass is 16.5. The molecule has 0 N–H and O–H groups in total. The maximum atomic E-state index is 10.6. The lowest BCUT2D eigenvalue weighted by atomic mass is 9.92. The minimum Gasteiger partial charge on any atom is -0.456 e. The van der Waals surface area contributed by atoms with Crippen LogP contribution < -0.4 is 9.64 Å². The largest absolute Gasteiger partial charge is 0.456 e. The third-order valence-electron chi connectivity index (χ3n) is 8.36. The Hall–Kier alpha value is -6.75. The Morgan fingerprint density at radius 1 is 0.500 bits per heavy atom. The SMILES string of the molecule is N#Cc1c(C#N)c(N2c3ccc(-c4ccccc4)cc3Oc3cc4oc5ccccc5c4cc32)c2c3ccc(o3)c2c1C#N. The van der Waals surface area contributed by atoms with E-state index >= 15 is 0 Å². The maximum absolute atomic E-state index is 10.6. The normalized spacial score (nSPS) is 12.2. The lowest BCUT2D eigenvalue weighted by molar-refractivity contribution is 0.477. The zero-order valence-electron chi connectivity index (χ0n) is 22.8. The molecule has 9 rings (SSSR count). The van der Waals surface area contributed by atoms with Gasteiger partial charge in [-0.2, -0.15) is 15.8 Å². The second-order valence-electron chi connectivity index (χ2n) is 10.6.